The van der Waals surface area contributed by atoms with Crippen molar-refractivity contribution in [2.45, 2.75) is 24.6 Å². The summed E-state index contributed by atoms with van der Waals surface area (Å²) in [4.78, 5) is 10.9. The normalized spacial score (nSPS) is 12.8. The molecule has 0 aromatic heterocycles. The van der Waals surface area contributed by atoms with Crippen LogP contribution in [0.1, 0.15) is 13.8 Å². The second kappa shape index (κ2) is 7.40. The Labute approximate surface area is 123 Å². The van der Waals surface area contributed by atoms with Gasteiger partial charge in [0.1, 0.15) is 6.04 Å². The minimum atomic E-state index is -0.992. The molecule has 1 rings (SSSR count). The summed E-state index contributed by atoms with van der Waals surface area (Å²) < 4.78 is 10.3. The summed E-state index contributed by atoms with van der Waals surface area (Å²) in [6.45, 7) is 4.10. The smallest absolute Gasteiger partial charge is 0.321 e. The molecule has 0 unspecified atom stereocenters. The van der Waals surface area contributed by atoms with E-state index < -0.39 is 16.8 Å². The molecular weight excluding hydrogens is 278 g/mol. The molecule has 20 heavy (non-hydrogen) atoms. The van der Waals surface area contributed by atoms with Crippen LogP contribution >= 0.6 is 11.8 Å². The van der Waals surface area contributed by atoms with Gasteiger partial charge < -0.3 is 20.3 Å². The molecule has 0 aliphatic heterocycles. The van der Waals surface area contributed by atoms with Crippen molar-refractivity contribution >= 4 is 17.7 Å². The molecule has 3 N–H and O–H groups in total. The van der Waals surface area contributed by atoms with E-state index in [-0.39, 0.29) is 0 Å². The zero-order chi connectivity index (χ0) is 15.2. The topological polar surface area (TPSA) is 81.8 Å². The van der Waals surface area contributed by atoms with Gasteiger partial charge in [-0.3, -0.25) is 4.79 Å². The lowest BCUT2D eigenvalue weighted by Crippen LogP contribution is -2.47. The molecule has 1 aromatic carbocycles. The molecule has 0 heterocycles. The van der Waals surface area contributed by atoms with Crippen LogP contribution in [0.5, 0.6) is 11.5 Å². The number of nitrogens with two attached hydrogens (primary N) is 1. The average molecular weight is 299 g/mol. The lowest BCUT2D eigenvalue weighted by molar-refractivity contribution is -0.139. The summed E-state index contributed by atoms with van der Waals surface area (Å²) in [6, 6.07) is 6.49. The van der Waals surface area contributed by atoms with Crippen LogP contribution in [0.15, 0.2) is 24.3 Å². The first-order chi connectivity index (χ1) is 9.38. The van der Waals surface area contributed by atoms with Crippen molar-refractivity contribution in [2.24, 2.45) is 5.73 Å². The van der Waals surface area contributed by atoms with Gasteiger partial charge in [-0.15, -0.1) is 11.8 Å². The third kappa shape index (κ3) is 4.61. The van der Waals surface area contributed by atoms with E-state index in [0.717, 1.165) is 0 Å². The number of hydrogen-bond acceptors (Lipinski definition) is 5. The number of rotatable bonds is 8. The third-order valence-electron chi connectivity index (χ3n) is 2.90. The highest BCUT2D eigenvalue weighted by Gasteiger charge is 2.32. The second-order valence-corrected chi connectivity index (χ2v) is 6.52. The fraction of sp³-hybridized carbons (Fsp3) is 0.500. The van der Waals surface area contributed by atoms with Gasteiger partial charge >= 0.3 is 5.97 Å². The van der Waals surface area contributed by atoms with Crippen LogP contribution in [0, 0.1) is 0 Å². The molecule has 1 atom stereocenters. The number of hydrogen-bond donors (Lipinski definition) is 2. The number of carboxylic acids is 1. The number of ether oxygens (including phenoxy) is 2. The van der Waals surface area contributed by atoms with Crippen LogP contribution in [0.25, 0.3) is 0 Å². The second-order valence-electron chi connectivity index (χ2n) is 4.77. The van der Waals surface area contributed by atoms with Gasteiger partial charge in [0.15, 0.2) is 11.5 Å². The third-order valence-corrected chi connectivity index (χ3v) is 4.27. The lowest BCUT2D eigenvalue weighted by atomic mass is 10.1. The highest BCUT2D eigenvalue weighted by Crippen LogP contribution is 2.29. The Hall–Kier alpha value is -1.40. The van der Waals surface area contributed by atoms with E-state index in [1.165, 1.54) is 11.8 Å². The van der Waals surface area contributed by atoms with Gasteiger partial charge in [0.05, 0.1) is 13.7 Å². The van der Waals surface area contributed by atoms with E-state index in [1.807, 2.05) is 38.1 Å². The number of aliphatic carboxylic acids is 1. The van der Waals surface area contributed by atoms with Gasteiger partial charge in [-0.2, -0.15) is 0 Å². The largest absolute Gasteiger partial charge is 0.493 e. The number of carbonyl (C=O) groups is 1. The number of benzene rings is 1. The predicted octanol–water partition coefficient (Wildman–Crippen LogP) is 2.00. The maximum absolute atomic E-state index is 10.9. The fourth-order valence-electron chi connectivity index (χ4n) is 1.58. The Morgan fingerprint density at radius 1 is 1.40 bits per heavy atom. The van der Waals surface area contributed by atoms with Crippen LogP contribution in [0.4, 0.5) is 0 Å². The van der Waals surface area contributed by atoms with E-state index in [9.17, 15) is 4.79 Å². The Kier molecular flexibility index (Phi) is 6.16. The van der Waals surface area contributed by atoms with Crippen molar-refractivity contribution in [2.75, 3.05) is 19.5 Å². The Morgan fingerprint density at radius 3 is 2.55 bits per heavy atom. The molecule has 0 radical (unpaired) electrons. The number of thioether (sulfide) groups is 1. The number of para-hydroxylation sites is 2. The molecule has 0 saturated carbocycles. The van der Waals surface area contributed by atoms with Crippen LogP contribution in [0.2, 0.25) is 0 Å². The maximum atomic E-state index is 10.9. The first kappa shape index (κ1) is 16.7. The molecule has 1 aromatic rings. The summed E-state index contributed by atoms with van der Waals surface area (Å²) >= 11 is 1.48. The van der Waals surface area contributed by atoms with Gasteiger partial charge in [-0.05, 0) is 26.0 Å². The molecule has 0 spiro atoms. The quantitative estimate of drug-likeness (QED) is 0.715. The Bertz CT molecular complexity index is 451. The van der Waals surface area contributed by atoms with Gasteiger partial charge in [0.25, 0.3) is 0 Å². The Balaban J connectivity index is 2.43. The van der Waals surface area contributed by atoms with E-state index in [1.54, 1.807) is 7.11 Å². The van der Waals surface area contributed by atoms with Crippen LogP contribution in [0.3, 0.4) is 0 Å². The summed E-state index contributed by atoms with van der Waals surface area (Å²) in [7, 11) is 1.59. The van der Waals surface area contributed by atoms with Gasteiger partial charge in [-0.25, -0.2) is 0 Å². The highest BCUT2D eigenvalue weighted by atomic mass is 32.2. The zero-order valence-corrected chi connectivity index (χ0v) is 12.8. The van der Waals surface area contributed by atoms with Crippen molar-refractivity contribution in [3.63, 3.8) is 0 Å². The number of carboxylic acid groups (broad SMARTS) is 1. The zero-order valence-electron chi connectivity index (χ0n) is 12.0. The molecule has 6 heteroatoms. The van der Waals surface area contributed by atoms with Crippen LogP contribution < -0.4 is 15.2 Å². The molecular formula is C14H21NO4S. The van der Waals surface area contributed by atoms with Crippen molar-refractivity contribution in [3.05, 3.63) is 24.3 Å². The maximum Gasteiger partial charge on any atom is 0.321 e. The van der Waals surface area contributed by atoms with E-state index >= 15 is 0 Å². The Morgan fingerprint density at radius 2 is 2.00 bits per heavy atom. The minimum absolute atomic E-state index is 0.459. The molecule has 5 nitrogen and oxygen atoms in total. The monoisotopic (exact) mass is 299 g/mol. The molecule has 0 amide bonds. The molecule has 0 bridgehead atoms. The molecule has 0 aliphatic rings. The predicted molar refractivity (Wildman–Crippen MR) is 80.6 cm³/mol. The van der Waals surface area contributed by atoms with E-state index in [2.05, 4.69) is 0 Å². The van der Waals surface area contributed by atoms with Crippen molar-refractivity contribution in [1.82, 2.24) is 0 Å². The van der Waals surface area contributed by atoms with Crippen LogP contribution in [-0.2, 0) is 4.79 Å². The summed E-state index contributed by atoms with van der Waals surface area (Å²) in [5, 5.41) is 8.93. The van der Waals surface area contributed by atoms with E-state index in [0.29, 0.717) is 23.9 Å². The SMILES string of the molecule is COc1ccccc1OCCSC(C)(C)[C@@H](N)C(=O)O. The molecule has 112 valence electrons. The van der Waals surface area contributed by atoms with Crippen molar-refractivity contribution in [1.29, 1.82) is 0 Å². The highest BCUT2D eigenvalue weighted by molar-refractivity contribution is 8.00. The van der Waals surface area contributed by atoms with E-state index in [4.69, 9.17) is 20.3 Å². The average Bonchev–Trinajstić information content (AvgIpc) is 2.43. The lowest BCUT2D eigenvalue weighted by Gasteiger charge is -2.27. The number of methoxy groups -OCH3 is 1. The van der Waals surface area contributed by atoms with Crippen molar-refractivity contribution < 1.29 is 19.4 Å². The van der Waals surface area contributed by atoms with Gasteiger partial charge in [-0.1, -0.05) is 12.1 Å². The van der Waals surface area contributed by atoms with Crippen LogP contribution in [-0.4, -0.2) is 41.3 Å². The standard InChI is InChI=1S/C14H21NO4S/c1-14(2,12(15)13(16)17)20-9-8-19-11-7-5-4-6-10(11)18-3/h4-7,12H,8-9,15H2,1-3H3,(H,16,17)/t12-/m0/s1. The molecule has 0 fully saturated rings. The van der Waals surface area contributed by atoms with Crippen molar-refractivity contribution in [3.8, 4) is 11.5 Å². The summed E-state index contributed by atoms with van der Waals surface area (Å²) in [5.74, 6) is 1.01. The minimum Gasteiger partial charge on any atom is -0.493 e. The molecule has 0 saturated heterocycles. The fourth-order valence-corrected chi connectivity index (χ4v) is 2.55. The summed E-state index contributed by atoms with van der Waals surface area (Å²) in [5.41, 5.74) is 5.65. The molecule has 0 aliphatic carbocycles. The summed E-state index contributed by atoms with van der Waals surface area (Å²) in [6.07, 6.45) is 0. The van der Waals surface area contributed by atoms with Gasteiger partial charge in [0, 0.05) is 10.5 Å². The first-order valence-electron chi connectivity index (χ1n) is 6.26. The van der Waals surface area contributed by atoms with Gasteiger partial charge in [0.2, 0.25) is 0 Å². The first-order valence-corrected chi connectivity index (χ1v) is 7.25.